The minimum absolute atomic E-state index is 0.714. The van der Waals surface area contributed by atoms with E-state index in [0.29, 0.717) is 5.71 Å². The second-order valence-corrected chi connectivity index (χ2v) is 11.4. The highest BCUT2D eigenvalue weighted by Crippen LogP contribution is 2.18. The van der Waals surface area contributed by atoms with E-state index in [1.807, 2.05) is 107 Å². The van der Waals surface area contributed by atoms with E-state index < -0.39 is 0 Å². The van der Waals surface area contributed by atoms with Crippen LogP contribution in [-0.2, 0) is 0 Å². The van der Waals surface area contributed by atoms with Crippen LogP contribution < -0.4 is 0 Å². The van der Waals surface area contributed by atoms with Crippen molar-refractivity contribution in [2.45, 2.75) is 34.6 Å². The molecular weight excluding hydrogens is 630 g/mol. The van der Waals surface area contributed by atoms with Gasteiger partial charge in [-0.05, 0) is 124 Å². The molecule has 0 aromatic carbocycles. The lowest BCUT2D eigenvalue weighted by molar-refractivity contribution is 0.567. The van der Waals surface area contributed by atoms with Crippen LogP contribution in [0.25, 0.3) is 55.5 Å². The maximum Gasteiger partial charge on any atom is 0.226 e. The summed E-state index contributed by atoms with van der Waals surface area (Å²) in [4.78, 5) is 20.3. The fourth-order valence-electron chi connectivity index (χ4n) is 4.91. The molecule has 250 valence electrons. The van der Waals surface area contributed by atoms with E-state index in [1.165, 1.54) is 5.56 Å². The van der Waals surface area contributed by atoms with E-state index >= 15 is 0 Å². The maximum atomic E-state index is 5.26. The van der Waals surface area contributed by atoms with Crippen LogP contribution in [0.3, 0.4) is 0 Å². The molecule has 0 aliphatic rings. The molecule has 10 nitrogen and oxygen atoms in total. The topological polar surface area (TPSA) is 130 Å². The van der Waals surface area contributed by atoms with Gasteiger partial charge in [0.1, 0.15) is 5.76 Å². The first-order valence-corrected chi connectivity index (χ1v) is 15.8. The summed E-state index contributed by atoms with van der Waals surface area (Å²) >= 11 is 0. The van der Waals surface area contributed by atoms with Crippen LogP contribution in [0, 0.1) is 34.6 Å². The molecule has 0 bridgehead atoms. The molecule has 10 heteroatoms. The highest BCUT2D eigenvalue weighted by atomic mass is 16.3. The molecule has 0 radical (unpaired) electrons. The number of nitrogens with zero attached hydrogens (tertiary/aromatic N) is 5. The Labute approximate surface area is 287 Å². The van der Waals surface area contributed by atoms with Gasteiger partial charge in [0, 0.05) is 57.4 Å². The van der Waals surface area contributed by atoms with Crippen molar-refractivity contribution in [2.24, 2.45) is 0 Å². The second kappa shape index (κ2) is 15.6. The normalized spacial score (nSPS) is 10.5. The van der Waals surface area contributed by atoms with Gasteiger partial charge in [-0.15, -0.1) is 0 Å². The molecule has 0 N–H and O–H groups in total. The van der Waals surface area contributed by atoms with E-state index in [9.17, 15) is 0 Å². The van der Waals surface area contributed by atoms with Gasteiger partial charge in [-0.2, -0.15) is 0 Å². The van der Waals surface area contributed by atoms with Crippen molar-refractivity contribution >= 4 is 55.5 Å². The minimum Gasteiger partial charge on any atom is -0.446 e. The van der Waals surface area contributed by atoms with Gasteiger partial charge in [0.15, 0.2) is 0 Å². The third-order valence-electron chi connectivity index (χ3n) is 7.45. The average Bonchev–Trinajstić information content (AvgIpc) is 3.97. The summed E-state index contributed by atoms with van der Waals surface area (Å²) in [6.45, 7) is 9.93. The zero-order chi connectivity index (χ0) is 34.9. The first-order valence-electron chi connectivity index (χ1n) is 15.8. The van der Waals surface area contributed by atoms with Gasteiger partial charge in [-0.3, -0.25) is 0 Å². The summed E-state index contributed by atoms with van der Waals surface area (Å²) in [5.74, 6) is 0.911. The van der Waals surface area contributed by atoms with E-state index in [1.54, 1.807) is 49.8 Å². The van der Waals surface area contributed by atoms with Crippen LogP contribution >= 0.6 is 0 Å². The summed E-state index contributed by atoms with van der Waals surface area (Å²) in [6, 6.07) is 23.5. The SMILES string of the molecule is Cc1cc2cccnc2o1.Cc1ccc2ccoc2n1.Cc1ccnc2occc12.Cc1cnc2occc2c1.Cc1coc2ncccc12. The molecule has 0 unspecified atom stereocenters. The van der Waals surface area contributed by atoms with Crippen LogP contribution in [0.2, 0.25) is 0 Å². The first kappa shape index (κ1) is 33.4. The van der Waals surface area contributed by atoms with Crippen LogP contribution in [0.1, 0.15) is 28.1 Å². The second-order valence-electron chi connectivity index (χ2n) is 11.4. The quantitative estimate of drug-likeness (QED) is 0.154. The van der Waals surface area contributed by atoms with E-state index in [2.05, 4.69) is 24.9 Å². The number of rotatable bonds is 0. The van der Waals surface area contributed by atoms with Crippen molar-refractivity contribution < 1.29 is 22.1 Å². The van der Waals surface area contributed by atoms with Gasteiger partial charge in [0.25, 0.3) is 0 Å². The Morgan fingerprint density at radius 2 is 1.14 bits per heavy atom. The molecule has 0 atom stereocenters. The fraction of sp³-hybridized carbons (Fsp3) is 0.125. The summed E-state index contributed by atoms with van der Waals surface area (Å²) in [7, 11) is 0. The molecule has 0 saturated carbocycles. The van der Waals surface area contributed by atoms with Crippen molar-refractivity contribution in [3.05, 3.63) is 151 Å². The minimum atomic E-state index is 0.714. The number of hydrogen-bond donors (Lipinski definition) is 0. The van der Waals surface area contributed by atoms with Gasteiger partial charge in [0.05, 0.1) is 25.1 Å². The Morgan fingerprint density at radius 3 is 1.94 bits per heavy atom. The number of aryl methyl sites for hydroxylation is 5. The summed E-state index contributed by atoms with van der Waals surface area (Å²) in [5, 5.41) is 5.40. The molecular formula is C40H35N5O5. The third-order valence-corrected chi connectivity index (χ3v) is 7.45. The average molecular weight is 666 g/mol. The smallest absolute Gasteiger partial charge is 0.226 e. The summed E-state index contributed by atoms with van der Waals surface area (Å²) in [6.07, 6.45) is 13.7. The molecule has 10 rings (SSSR count). The van der Waals surface area contributed by atoms with Gasteiger partial charge >= 0.3 is 0 Å². The molecule has 10 aromatic heterocycles. The van der Waals surface area contributed by atoms with Crippen molar-refractivity contribution in [1.29, 1.82) is 0 Å². The molecule has 0 aliphatic carbocycles. The highest BCUT2D eigenvalue weighted by molar-refractivity contribution is 5.77. The molecule has 10 aromatic rings. The lowest BCUT2D eigenvalue weighted by Gasteiger charge is -1.89. The first-order chi connectivity index (χ1) is 24.3. The Bertz CT molecular complexity index is 2470. The molecule has 0 saturated heterocycles. The Morgan fingerprint density at radius 1 is 0.480 bits per heavy atom. The largest absolute Gasteiger partial charge is 0.446 e. The van der Waals surface area contributed by atoms with Crippen LogP contribution in [-0.4, -0.2) is 24.9 Å². The van der Waals surface area contributed by atoms with Crippen LogP contribution in [0.5, 0.6) is 0 Å². The van der Waals surface area contributed by atoms with Crippen molar-refractivity contribution in [3.63, 3.8) is 0 Å². The Kier molecular flexibility index (Phi) is 10.4. The Balaban J connectivity index is 0.000000108. The zero-order valence-corrected chi connectivity index (χ0v) is 28.3. The van der Waals surface area contributed by atoms with Gasteiger partial charge in [-0.25, -0.2) is 24.9 Å². The van der Waals surface area contributed by atoms with Gasteiger partial charge in [-0.1, -0.05) is 0 Å². The predicted molar refractivity (Wildman–Crippen MR) is 194 cm³/mol. The van der Waals surface area contributed by atoms with Crippen LogP contribution in [0.15, 0.2) is 145 Å². The molecule has 0 amide bonds. The summed E-state index contributed by atoms with van der Waals surface area (Å²) < 4.78 is 25.6. The lowest BCUT2D eigenvalue weighted by Crippen LogP contribution is -1.76. The molecule has 10 heterocycles. The number of fused-ring (bicyclic) bond motifs is 5. The fourth-order valence-corrected chi connectivity index (χ4v) is 4.91. The standard InChI is InChI=1S/5C8H7NO/c1-6-2-4-9-8-7(6)3-5-10-8;1-6-4-7-2-3-10-8(7)9-5-6;1-6-2-3-7-4-5-10-8(7)9-6;1-6-5-10-8-7(6)3-2-4-9-8;1-6-5-7-3-2-4-9-8(7)10-6/h5*2-5H,1H3. The van der Waals surface area contributed by atoms with Gasteiger partial charge in [0.2, 0.25) is 28.6 Å². The van der Waals surface area contributed by atoms with E-state index in [4.69, 9.17) is 22.1 Å². The van der Waals surface area contributed by atoms with E-state index in [-0.39, 0.29) is 0 Å². The Hall–Kier alpha value is -6.55. The number of furan rings is 5. The van der Waals surface area contributed by atoms with Crippen LogP contribution in [0.4, 0.5) is 0 Å². The molecule has 0 fully saturated rings. The number of aromatic nitrogens is 5. The maximum absolute atomic E-state index is 5.26. The lowest BCUT2D eigenvalue weighted by atomic mass is 10.2. The zero-order valence-electron chi connectivity index (χ0n) is 28.3. The monoisotopic (exact) mass is 665 g/mol. The van der Waals surface area contributed by atoms with Crippen molar-refractivity contribution in [1.82, 2.24) is 24.9 Å². The number of pyridine rings is 5. The number of hydrogen-bond acceptors (Lipinski definition) is 10. The molecule has 0 aliphatic heterocycles. The predicted octanol–water partition coefficient (Wildman–Crippen LogP) is 10.7. The highest BCUT2D eigenvalue weighted by Gasteiger charge is 2.00. The third kappa shape index (κ3) is 8.29. The molecule has 50 heavy (non-hydrogen) atoms. The van der Waals surface area contributed by atoms with E-state index in [0.717, 1.165) is 72.4 Å². The van der Waals surface area contributed by atoms with Crippen molar-refractivity contribution in [3.8, 4) is 0 Å². The summed E-state index contributed by atoms with van der Waals surface area (Å²) in [5.41, 5.74) is 8.10. The van der Waals surface area contributed by atoms with Crippen molar-refractivity contribution in [2.75, 3.05) is 0 Å². The van der Waals surface area contributed by atoms with Gasteiger partial charge < -0.3 is 22.1 Å². The molecule has 0 spiro atoms.